The van der Waals surface area contributed by atoms with E-state index in [1.165, 1.54) is 0 Å². The lowest BCUT2D eigenvalue weighted by Gasteiger charge is -2.35. The van der Waals surface area contributed by atoms with Gasteiger partial charge >= 0.3 is 0 Å². The molecule has 2 aliphatic rings. The lowest BCUT2D eigenvalue weighted by Crippen LogP contribution is -2.45. The number of fused-ring (bicyclic) bond motifs is 1. The summed E-state index contributed by atoms with van der Waals surface area (Å²) in [7, 11) is 0. The Balaban J connectivity index is 2.03. The van der Waals surface area contributed by atoms with Gasteiger partial charge in [-0.15, -0.1) is 0 Å². The third kappa shape index (κ3) is 1.23. The van der Waals surface area contributed by atoms with Crippen LogP contribution in [0.2, 0.25) is 0 Å². The molecule has 1 heterocycles. The standard InChI is InChI=1S/C11H8BrNO2/c12-8-5-10-9(4-7(8)6-13)14-11(15-10)2-1-3-11/h4-5H,1-3H2. The number of halogens is 1. The van der Waals surface area contributed by atoms with Crippen LogP contribution in [0.5, 0.6) is 11.5 Å². The van der Waals surface area contributed by atoms with Gasteiger partial charge in [0.25, 0.3) is 5.79 Å². The Morgan fingerprint density at radius 3 is 2.47 bits per heavy atom. The lowest BCUT2D eigenvalue weighted by atomic mass is 9.91. The monoisotopic (exact) mass is 265 g/mol. The van der Waals surface area contributed by atoms with E-state index in [0.29, 0.717) is 11.3 Å². The third-order valence-electron chi connectivity index (χ3n) is 2.86. The smallest absolute Gasteiger partial charge is 0.251 e. The van der Waals surface area contributed by atoms with Crippen LogP contribution in [0.4, 0.5) is 0 Å². The van der Waals surface area contributed by atoms with Crippen LogP contribution in [0.1, 0.15) is 24.8 Å². The van der Waals surface area contributed by atoms with Crippen LogP contribution in [-0.2, 0) is 0 Å². The topological polar surface area (TPSA) is 42.2 Å². The van der Waals surface area contributed by atoms with Gasteiger partial charge in [0.2, 0.25) is 0 Å². The maximum atomic E-state index is 8.87. The number of ether oxygens (including phenoxy) is 2. The molecule has 3 nitrogen and oxygen atoms in total. The van der Waals surface area contributed by atoms with E-state index in [0.717, 1.165) is 29.5 Å². The molecule has 0 radical (unpaired) electrons. The van der Waals surface area contributed by atoms with Gasteiger partial charge in [-0.3, -0.25) is 0 Å². The van der Waals surface area contributed by atoms with Crippen LogP contribution in [0.3, 0.4) is 0 Å². The average molecular weight is 266 g/mol. The van der Waals surface area contributed by atoms with E-state index < -0.39 is 5.79 Å². The molecule has 1 aromatic carbocycles. The van der Waals surface area contributed by atoms with Gasteiger partial charge in [-0.1, -0.05) is 0 Å². The second-order valence-corrected chi connectivity index (χ2v) is 4.71. The molecule has 15 heavy (non-hydrogen) atoms. The van der Waals surface area contributed by atoms with Crippen LogP contribution in [0, 0.1) is 11.3 Å². The molecule has 0 amide bonds. The van der Waals surface area contributed by atoms with Crippen LogP contribution in [0.15, 0.2) is 16.6 Å². The second-order valence-electron chi connectivity index (χ2n) is 3.86. The summed E-state index contributed by atoms with van der Waals surface area (Å²) in [6, 6.07) is 5.64. The first-order valence-corrected chi connectivity index (χ1v) is 5.63. The van der Waals surface area contributed by atoms with Crippen molar-refractivity contribution in [3.8, 4) is 17.6 Å². The van der Waals surface area contributed by atoms with Gasteiger partial charge in [-0.2, -0.15) is 5.26 Å². The Kier molecular flexibility index (Phi) is 1.74. The summed E-state index contributed by atoms with van der Waals surface area (Å²) in [4.78, 5) is 0. The highest BCUT2D eigenvalue weighted by Gasteiger charge is 2.47. The summed E-state index contributed by atoms with van der Waals surface area (Å²) in [5.41, 5.74) is 0.578. The molecule has 1 aromatic rings. The molecule has 3 rings (SSSR count). The molecular weight excluding hydrogens is 258 g/mol. The molecule has 0 saturated heterocycles. The second kappa shape index (κ2) is 2.89. The predicted octanol–water partition coefficient (Wildman–Crippen LogP) is 2.97. The summed E-state index contributed by atoms with van der Waals surface area (Å²) >= 11 is 3.33. The number of hydrogen-bond acceptors (Lipinski definition) is 3. The van der Waals surface area contributed by atoms with E-state index in [-0.39, 0.29) is 0 Å². The van der Waals surface area contributed by atoms with Gasteiger partial charge in [0.15, 0.2) is 11.5 Å². The zero-order valence-electron chi connectivity index (χ0n) is 7.92. The Morgan fingerprint density at radius 2 is 1.93 bits per heavy atom. The summed E-state index contributed by atoms with van der Waals surface area (Å²) < 4.78 is 12.2. The van der Waals surface area contributed by atoms with Crippen LogP contribution < -0.4 is 9.47 Å². The lowest BCUT2D eigenvalue weighted by molar-refractivity contribution is -0.138. The molecule has 0 atom stereocenters. The van der Waals surface area contributed by atoms with Crippen LogP contribution in [-0.4, -0.2) is 5.79 Å². The fourth-order valence-corrected chi connectivity index (χ4v) is 2.28. The largest absolute Gasteiger partial charge is 0.448 e. The normalized spacial score (nSPS) is 19.7. The van der Waals surface area contributed by atoms with Crippen molar-refractivity contribution in [2.45, 2.75) is 25.0 Å². The van der Waals surface area contributed by atoms with E-state index in [2.05, 4.69) is 22.0 Å². The van der Waals surface area contributed by atoms with Gasteiger partial charge in [0.05, 0.1) is 5.56 Å². The zero-order valence-corrected chi connectivity index (χ0v) is 9.50. The third-order valence-corrected chi connectivity index (χ3v) is 3.52. The highest BCUT2D eigenvalue weighted by Crippen LogP contribution is 2.49. The molecule has 1 fully saturated rings. The molecule has 0 bridgehead atoms. The van der Waals surface area contributed by atoms with Crippen molar-refractivity contribution >= 4 is 15.9 Å². The molecule has 4 heteroatoms. The first-order valence-electron chi connectivity index (χ1n) is 4.84. The summed E-state index contributed by atoms with van der Waals surface area (Å²) in [5, 5.41) is 8.87. The maximum absolute atomic E-state index is 8.87. The fraction of sp³-hybridized carbons (Fsp3) is 0.364. The maximum Gasteiger partial charge on any atom is 0.251 e. The molecular formula is C11H8BrNO2. The Hall–Kier alpha value is -1.21. The number of benzene rings is 1. The van der Waals surface area contributed by atoms with Crippen molar-refractivity contribution in [1.82, 2.24) is 0 Å². The SMILES string of the molecule is N#Cc1cc2c(cc1Br)OC1(CCC1)O2. The van der Waals surface area contributed by atoms with Gasteiger partial charge in [0, 0.05) is 23.4 Å². The molecule has 0 N–H and O–H groups in total. The Labute approximate surface area is 95.7 Å². The van der Waals surface area contributed by atoms with Crippen LogP contribution in [0.25, 0.3) is 0 Å². The van der Waals surface area contributed by atoms with Gasteiger partial charge < -0.3 is 9.47 Å². The van der Waals surface area contributed by atoms with E-state index in [1.807, 2.05) is 0 Å². The number of hydrogen-bond donors (Lipinski definition) is 0. The minimum absolute atomic E-state index is 0.421. The summed E-state index contributed by atoms with van der Waals surface area (Å²) in [6.45, 7) is 0. The Morgan fingerprint density at radius 1 is 1.27 bits per heavy atom. The fourth-order valence-electron chi connectivity index (χ4n) is 1.87. The summed E-state index contributed by atoms with van der Waals surface area (Å²) in [5.74, 6) is 1.01. The zero-order chi connectivity index (χ0) is 10.5. The predicted molar refractivity (Wildman–Crippen MR) is 56.7 cm³/mol. The molecule has 1 aliphatic heterocycles. The number of rotatable bonds is 0. The summed E-state index contributed by atoms with van der Waals surface area (Å²) in [6.07, 6.45) is 3.00. The first-order chi connectivity index (χ1) is 7.22. The van der Waals surface area contributed by atoms with E-state index in [4.69, 9.17) is 14.7 Å². The Bertz CT molecular complexity index is 474. The quantitative estimate of drug-likeness (QED) is 0.725. The van der Waals surface area contributed by atoms with Gasteiger partial charge in [0.1, 0.15) is 6.07 Å². The van der Waals surface area contributed by atoms with Crippen LogP contribution >= 0.6 is 15.9 Å². The van der Waals surface area contributed by atoms with Crippen molar-refractivity contribution in [3.63, 3.8) is 0 Å². The highest BCUT2D eigenvalue weighted by atomic mass is 79.9. The average Bonchev–Trinajstić information content (AvgIpc) is 2.54. The van der Waals surface area contributed by atoms with Crippen molar-refractivity contribution in [2.24, 2.45) is 0 Å². The molecule has 1 aliphatic carbocycles. The molecule has 76 valence electrons. The van der Waals surface area contributed by atoms with Crippen molar-refractivity contribution in [2.75, 3.05) is 0 Å². The van der Waals surface area contributed by atoms with Crippen molar-refractivity contribution < 1.29 is 9.47 Å². The highest BCUT2D eigenvalue weighted by molar-refractivity contribution is 9.10. The van der Waals surface area contributed by atoms with Crippen molar-refractivity contribution in [1.29, 1.82) is 5.26 Å². The van der Waals surface area contributed by atoms with E-state index >= 15 is 0 Å². The molecule has 1 spiro atoms. The van der Waals surface area contributed by atoms with Gasteiger partial charge in [-0.05, 0) is 28.4 Å². The first kappa shape index (κ1) is 9.05. The van der Waals surface area contributed by atoms with Crippen molar-refractivity contribution in [3.05, 3.63) is 22.2 Å². The van der Waals surface area contributed by atoms with Gasteiger partial charge in [-0.25, -0.2) is 0 Å². The number of nitrogens with zero attached hydrogens (tertiary/aromatic N) is 1. The number of nitriles is 1. The van der Waals surface area contributed by atoms with E-state index in [9.17, 15) is 0 Å². The minimum atomic E-state index is -0.421. The van der Waals surface area contributed by atoms with E-state index in [1.54, 1.807) is 12.1 Å². The molecule has 0 unspecified atom stereocenters. The molecule has 0 aromatic heterocycles. The minimum Gasteiger partial charge on any atom is -0.448 e. The molecule has 1 saturated carbocycles.